The molecule has 2 heteroatoms. The Bertz CT molecular complexity index is 532. The summed E-state index contributed by atoms with van der Waals surface area (Å²) in [6, 6.07) is 2.30. The Balaban J connectivity index is 1.30. The van der Waals surface area contributed by atoms with Gasteiger partial charge in [0.15, 0.2) is 0 Å². The first-order chi connectivity index (χ1) is 9.78. The highest BCUT2D eigenvalue weighted by molar-refractivity contribution is 7.11. The van der Waals surface area contributed by atoms with Gasteiger partial charge in [0.05, 0.1) is 0 Å². The second-order valence-electron chi connectivity index (χ2n) is 7.84. The Morgan fingerprint density at radius 2 is 1.80 bits per heavy atom. The van der Waals surface area contributed by atoms with Crippen molar-refractivity contribution < 1.29 is 0 Å². The quantitative estimate of drug-likeness (QED) is 0.875. The van der Waals surface area contributed by atoms with Crippen LogP contribution in [0.2, 0.25) is 0 Å². The molecule has 0 aliphatic heterocycles. The molecule has 4 fully saturated rings. The SMILES string of the molecule is C1=C(CNC23CC4CC(CC(C4)C2)C3)Cc2ccsc21. The van der Waals surface area contributed by atoms with Gasteiger partial charge in [-0.15, -0.1) is 11.3 Å². The molecule has 0 unspecified atom stereocenters. The van der Waals surface area contributed by atoms with Crippen LogP contribution in [0.3, 0.4) is 0 Å². The van der Waals surface area contributed by atoms with Crippen molar-refractivity contribution in [1.29, 1.82) is 0 Å². The molecule has 20 heavy (non-hydrogen) atoms. The predicted octanol–water partition coefficient (Wildman–Crippen LogP) is 4.25. The van der Waals surface area contributed by atoms with Crippen LogP contribution in [-0.4, -0.2) is 12.1 Å². The molecule has 1 aromatic heterocycles. The Morgan fingerprint density at radius 1 is 1.10 bits per heavy atom. The van der Waals surface area contributed by atoms with E-state index in [2.05, 4.69) is 22.8 Å². The molecule has 5 aliphatic carbocycles. The molecule has 0 aromatic carbocycles. The van der Waals surface area contributed by atoms with E-state index < -0.39 is 0 Å². The zero-order valence-corrected chi connectivity index (χ0v) is 12.8. The smallest absolute Gasteiger partial charge is 0.0305 e. The minimum Gasteiger partial charge on any atom is -0.307 e. The molecule has 4 bridgehead atoms. The molecule has 1 N–H and O–H groups in total. The summed E-state index contributed by atoms with van der Waals surface area (Å²) in [5.74, 6) is 3.15. The molecule has 1 nitrogen and oxygen atoms in total. The Kier molecular flexibility index (Phi) is 2.52. The summed E-state index contributed by atoms with van der Waals surface area (Å²) in [6.07, 6.45) is 12.7. The Labute approximate surface area is 125 Å². The summed E-state index contributed by atoms with van der Waals surface area (Å²) in [5, 5.41) is 6.26. The van der Waals surface area contributed by atoms with E-state index in [-0.39, 0.29) is 0 Å². The zero-order valence-electron chi connectivity index (χ0n) is 12.0. The lowest BCUT2D eigenvalue weighted by molar-refractivity contribution is -0.0182. The summed E-state index contributed by atoms with van der Waals surface area (Å²) in [7, 11) is 0. The first-order valence-electron chi connectivity index (χ1n) is 8.29. The molecule has 0 amide bonds. The van der Waals surface area contributed by atoms with Crippen molar-refractivity contribution in [2.45, 2.75) is 50.5 Å². The standard InChI is InChI=1S/C18H23NS/c1-2-20-17-7-15(6-16(1)17)11-19-18-8-12-3-13(9-18)5-14(4-12)10-18/h1-2,7,12-14,19H,3-6,8-11H2. The van der Waals surface area contributed by atoms with E-state index in [9.17, 15) is 0 Å². The van der Waals surface area contributed by atoms with Gasteiger partial charge in [0.25, 0.3) is 0 Å². The monoisotopic (exact) mass is 285 g/mol. The molecule has 4 saturated carbocycles. The number of nitrogens with one attached hydrogen (secondary N) is 1. The number of hydrogen-bond donors (Lipinski definition) is 1. The van der Waals surface area contributed by atoms with E-state index in [4.69, 9.17) is 0 Å². The molecule has 1 aromatic rings. The molecular formula is C18H23NS. The van der Waals surface area contributed by atoms with Gasteiger partial charge in [0.1, 0.15) is 0 Å². The zero-order chi connectivity index (χ0) is 13.2. The van der Waals surface area contributed by atoms with Crippen molar-refractivity contribution in [3.8, 4) is 0 Å². The second kappa shape index (κ2) is 4.20. The van der Waals surface area contributed by atoms with E-state index in [1.54, 1.807) is 30.4 Å². The third kappa shape index (κ3) is 1.84. The molecule has 0 spiro atoms. The highest BCUT2D eigenvalue weighted by Gasteiger charge is 2.50. The maximum atomic E-state index is 4.03. The minimum atomic E-state index is 0.519. The van der Waals surface area contributed by atoms with Crippen LogP contribution in [0.25, 0.3) is 6.08 Å². The number of hydrogen-bond acceptors (Lipinski definition) is 2. The van der Waals surface area contributed by atoms with Gasteiger partial charge in [-0.25, -0.2) is 0 Å². The summed E-state index contributed by atoms with van der Waals surface area (Å²) in [4.78, 5) is 1.51. The molecule has 106 valence electrons. The van der Waals surface area contributed by atoms with E-state index >= 15 is 0 Å². The first kappa shape index (κ1) is 12.0. The number of fused-ring (bicyclic) bond motifs is 1. The van der Waals surface area contributed by atoms with Crippen LogP contribution in [0.1, 0.15) is 49.0 Å². The summed E-state index contributed by atoms with van der Waals surface area (Å²) in [5.41, 5.74) is 3.69. The third-order valence-electron chi connectivity index (χ3n) is 6.26. The van der Waals surface area contributed by atoms with Crippen molar-refractivity contribution in [2.75, 3.05) is 6.54 Å². The summed E-state index contributed by atoms with van der Waals surface area (Å²) < 4.78 is 0. The van der Waals surface area contributed by atoms with Gasteiger partial charge in [-0.05, 0) is 85.8 Å². The van der Waals surface area contributed by atoms with Crippen molar-refractivity contribution >= 4 is 17.4 Å². The Hall–Kier alpha value is -0.600. The Morgan fingerprint density at radius 3 is 2.45 bits per heavy atom. The summed E-state index contributed by atoms with van der Waals surface area (Å²) in [6.45, 7) is 1.13. The van der Waals surface area contributed by atoms with E-state index in [0.29, 0.717) is 5.54 Å². The number of thiophene rings is 1. The molecular weight excluding hydrogens is 262 g/mol. The summed E-state index contributed by atoms with van der Waals surface area (Å²) >= 11 is 1.90. The topological polar surface area (TPSA) is 12.0 Å². The highest BCUT2D eigenvalue weighted by atomic mass is 32.1. The lowest BCUT2D eigenvalue weighted by Crippen LogP contribution is -2.58. The molecule has 0 saturated heterocycles. The van der Waals surface area contributed by atoms with Crippen LogP contribution >= 0.6 is 11.3 Å². The van der Waals surface area contributed by atoms with Crippen LogP contribution in [0.4, 0.5) is 0 Å². The van der Waals surface area contributed by atoms with E-state index in [1.165, 1.54) is 30.6 Å². The van der Waals surface area contributed by atoms with Gasteiger partial charge in [-0.1, -0.05) is 5.57 Å². The van der Waals surface area contributed by atoms with Crippen molar-refractivity contribution in [2.24, 2.45) is 17.8 Å². The van der Waals surface area contributed by atoms with Crippen LogP contribution in [0, 0.1) is 17.8 Å². The molecule has 0 radical (unpaired) electrons. The molecule has 1 heterocycles. The van der Waals surface area contributed by atoms with E-state index in [0.717, 1.165) is 24.3 Å². The van der Waals surface area contributed by atoms with Crippen molar-refractivity contribution in [3.63, 3.8) is 0 Å². The number of rotatable bonds is 3. The van der Waals surface area contributed by atoms with Gasteiger partial charge in [-0.2, -0.15) is 0 Å². The molecule has 5 aliphatic rings. The fraction of sp³-hybridized carbons (Fsp3) is 0.667. The minimum absolute atomic E-state index is 0.519. The highest BCUT2D eigenvalue weighted by Crippen LogP contribution is 2.55. The second-order valence-corrected chi connectivity index (χ2v) is 8.79. The maximum absolute atomic E-state index is 4.03. The van der Waals surface area contributed by atoms with Crippen LogP contribution in [-0.2, 0) is 6.42 Å². The molecule has 6 rings (SSSR count). The van der Waals surface area contributed by atoms with Gasteiger partial charge in [-0.3, -0.25) is 0 Å². The normalized spacial score (nSPS) is 41.0. The maximum Gasteiger partial charge on any atom is 0.0305 e. The van der Waals surface area contributed by atoms with Crippen molar-refractivity contribution in [3.05, 3.63) is 27.5 Å². The average Bonchev–Trinajstić information content (AvgIpc) is 2.95. The fourth-order valence-corrected chi connectivity index (χ4v) is 6.75. The molecule has 0 atom stereocenters. The lowest BCUT2D eigenvalue weighted by Gasteiger charge is -2.57. The first-order valence-corrected chi connectivity index (χ1v) is 9.17. The lowest BCUT2D eigenvalue weighted by atomic mass is 9.53. The van der Waals surface area contributed by atoms with Crippen LogP contribution in [0.15, 0.2) is 17.0 Å². The van der Waals surface area contributed by atoms with Gasteiger partial charge in [0.2, 0.25) is 0 Å². The third-order valence-corrected chi connectivity index (χ3v) is 7.17. The largest absolute Gasteiger partial charge is 0.307 e. The van der Waals surface area contributed by atoms with E-state index in [1.807, 2.05) is 11.3 Å². The van der Waals surface area contributed by atoms with Gasteiger partial charge >= 0.3 is 0 Å². The van der Waals surface area contributed by atoms with Crippen molar-refractivity contribution in [1.82, 2.24) is 5.32 Å². The van der Waals surface area contributed by atoms with Crippen LogP contribution in [0.5, 0.6) is 0 Å². The van der Waals surface area contributed by atoms with Gasteiger partial charge < -0.3 is 5.32 Å². The average molecular weight is 285 g/mol. The van der Waals surface area contributed by atoms with Crippen LogP contribution < -0.4 is 5.32 Å². The van der Waals surface area contributed by atoms with Gasteiger partial charge in [0, 0.05) is 17.0 Å². The predicted molar refractivity (Wildman–Crippen MR) is 84.9 cm³/mol. The fourth-order valence-electron chi connectivity index (χ4n) is 5.84.